The topological polar surface area (TPSA) is 47.3 Å². The first kappa shape index (κ1) is 15.3. The molecule has 1 heterocycles. The fourth-order valence-electron chi connectivity index (χ4n) is 2.56. The molecule has 0 amide bonds. The fourth-order valence-corrected chi connectivity index (χ4v) is 2.56. The first-order chi connectivity index (χ1) is 11.3. The molecule has 0 aliphatic carbocycles. The van der Waals surface area contributed by atoms with E-state index in [1.165, 1.54) is 5.56 Å². The Balaban J connectivity index is 1.70. The molecule has 0 aliphatic heterocycles. The van der Waals surface area contributed by atoms with E-state index in [4.69, 9.17) is 9.26 Å². The Hall–Kier alpha value is -2.59. The molecule has 3 aromatic rings. The zero-order valence-electron chi connectivity index (χ0n) is 13.4. The van der Waals surface area contributed by atoms with Crippen LogP contribution in [0, 0.1) is 6.92 Å². The molecule has 0 fully saturated rings. The SMILES string of the molecule is COc1ccccc1-c1cccc(CNCc2cc(C)no2)c1. The predicted molar refractivity (Wildman–Crippen MR) is 90.2 cm³/mol. The summed E-state index contributed by atoms with van der Waals surface area (Å²) in [6.45, 7) is 3.35. The van der Waals surface area contributed by atoms with Crippen LogP contribution in [0.3, 0.4) is 0 Å². The quantitative estimate of drug-likeness (QED) is 0.749. The molecule has 0 unspecified atom stereocenters. The fraction of sp³-hybridized carbons (Fsp3) is 0.211. The first-order valence-corrected chi connectivity index (χ1v) is 7.61. The summed E-state index contributed by atoms with van der Waals surface area (Å²) in [5.41, 5.74) is 4.37. The summed E-state index contributed by atoms with van der Waals surface area (Å²) in [6, 6.07) is 18.4. The second kappa shape index (κ2) is 7.11. The van der Waals surface area contributed by atoms with Crippen molar-refractivity contribution in [2.24, 2.45) is 0 Å². The number of nitrogens with zero attached hydrogens (tertiary/aromatic N) is 1. The third-order valence-electron chi connectivity index (χ3n) is 3.65. The van der Waals surface area contributed by atoms with E-state index < -0.39 is 0 Å². The molecule has 4 nitrogen and oxygen atoms in total. The summed E-state index contributed by atoms with van der Waals surface area (Å²) >= 11 is 0. The Labute approximate surface area is 136 Å². The molecule has 1 N–H and O–H groups in total. The average molecular weight is 308 g/mol. The molecule has 0 atom stereocenters. The van der Waals surface area contributed by atoms with Gasteiger partial charge in [-0.1, -0.05) is 41.6 Å². The van der Waals surface area contributed by atoms with Gasteiger partial charge in [0.25, 0.3) is 0 Å². The minimum absolute atomic E-state index is 0.666. The smallest absolute Gasteiger partial charge is 0.150 e. The molecule has 0 bridgehead atoms. The summed E-state index contributed by atoms with van der Waals surface area (Å²) in [4.78, 5) is 0. The molecule has 1 aromatic heterocycles. The second-order valence-electron chi connectivity index (χ2n) is 5.44. The van der Waals surface area contributed by atoms with Crippen molar-refractivity contribution in [3.8, 4) is 16.9 Å². The van der Waals surface area contributed by atoms with Gasteiger partial charge in [-0.2, -0.15) is 0 Å². The van der Waals surface area contributed by atoms with Crippen molar-refractivity contribution < 1.29 is 9.26 Å². The van der Waals surface area contributed by atoms with Gasteiger partial charge < -0.3 is 14.6 Å². The van der Waals surface area contributed by atoms with Crippen LogP contribution in [0.4, 0.5) is 0 Å². The van der Waals surface area contributed by atoms with Gasteiger partial charge in [0, 0.05) is 18.2 Å². The molecule has 0 radical (unpaired) electrons. The second-order valence-corrected chi connectivity index (χ2v) is 5.44. The number of rotatable bonds is 6. The Bertz CT molecular complexity index is 780. The van der Waals surface area contributed by atoms with Gasteiger partial charge in [-0.05, 0) is 30.2 Å². The molecule has 3 rings (SSSR count). The van der Waals surface area contributed by atoms with Gasteiger partial charge in [-0.25, -0.2) is 0 Å². The van der Waals surface area contributed by atoms with Crippen molar-refractivity contribution in [3.63, 3.8) is 0 Å². The van der Waals surface area contributed by atoms with Crippen molar-refractivity contribution in [3.05, 3.63) is 71.6 Å². The van der Waals surface area contributed by atoms with Crippen molar-refractivity contribution in [1.82, 2.24) is 10.5 Å². The van der Waals surface area contributed by atoms with Gasteiger partial charge in [0.1, 0.15) is 5.75 Å². The molecular weight excluding hydrogens is 288 g/mol. The Morgan fingerprint density at radius 1 is 1.04 bits per heavy atom. The summed E-state index contributed by atoms with van der Waals surface area (Å²) in [5.74, 6) is 1.73. The average Bonchev–Trinajstić information content (AvgIpc) is 3.00. The monoisotopic (exact) mass is 308 g/mol. The van der Waals surface area contributed by atoms with Crippen LogP contribution in [0.5, 0.6) is 5.75 Å². The van der Waals surface area contributed by atoms with E-state index >= 15 is 0 Å². The zero-order valence-corrected chi connectivity index (χ0v) is 13.4. The Kier molecular flexibility index (Phi) is 4.74. The molecule has 0 aliphatic rings. The Morgan fingerprint density at radius 3 is 2.70 bits per heavy atom. The van der Waals surface area contributed by atoms with E-state index in [1.54, 1.807) is 7.11 Å². The molecule has 0 saturated carbocycles. The van der Waals surface area contributed by atoms with Gasteiger partial charge in [0.05, 0.1) is 19.3 Å². The molecule has 2 aromatic carbocycles. The van der Waals surface area contributed by atoms with Crippen LogP contribution >= 0.6 is 0 Å². The minimum atomic E-state index is 0.666. The molecule has 118 valence electrons. The molecular formula is C19H20N2O2. The third kappa shape index (κ3) is 3.79. The Morgan fingerprint density at radius 2 is 1.91 bits per heavy atom. The van der Waals surface area contributed by atoms with Gasteiger partial charge in [0.2, 0.25) is 0 Å². The van der Waals surface area contributed by atoms with Crippen LogP contribution in [0.25, 0.3) is 11.1 Å². The predicted octanol–water partition coefficient (Wildman–Crippen LogP) is 3.95. The number of nitrogens with one attached hydrogen (secondary N) is 1. The van der Waals surface area contributed by atoms with Gasteiger partial charge in [-0.3, -0.25) is 0 Å². The van der Waals surface area contributed by atoms with Crippen LogP contribution in [0.1, 0.15) is 17.0 Å². The number of ether oxygens (including phenoxy) is 1. The van der Waals surface area contributed by atoms with Crippen molar-refractivity contribution >= 4 is 0 Å². The summed E-state index contributed by atoms with van der Waals surface area (Å²) in [7, 11) is 1.70. The third-order valence-corrected chi connectivity index (χ3v) is 3.65. The number of para-hydroxylation sites is 1. The highest BCUT2D eigenvalue weighted by Crippen LogP contribution is 2.29. The summed E-state index contributed by atoms with van der Waals surface area (Å²) in [5, 5.41) is 7.26. The van der Waals surface area contributed by atoms with Crippen LogP contribution < -0.4 is 10.1 Å². The first-order valence-electron chi connectivity index (χ1n) is 7.61. The van der Waals surface area contributed by atoms with Crippen LogP contribution in [-0.2, 0) is 13.1 Å². The van der Waals surface area contributed by atoms with E-state index in [-0.39, 0.29) is 0 Å². The van der Waals surface area contributed by atoms with Gasteiger partial charge in [0.15, 0.2) is 5.76 Å². The van der Waals surface area contributed by atoms with Crippen LogP contribution in [0.15, 0.2) is 59.1 Å². The molecule has 0 saturated heterocycles. The van der Waals surface area contributed by atoms with E-state index in [0.29, 0.717) is 6.54 Å². The maximum atomic E-state index is 5.45. The number of hydrogen-bond acceptors (Lipinski definition) is 4. The number of aromatic nitrogens is 1. The maximum Gasteiger partial charge on any atom is 0.150 e. The van der Waals surface area contributed by atoms with E-state index in [2.05, 4.69) is 40.8 Å². The lowest BCUT2D eigenvalue weighted by molar-refractivity contribution is 0.369. The van der Waals surface area contributed by atoms with Crippen molar-refractivity contribution in [2.45, 2.75) is 20.0 Å². The zero-order chi connectivity index (χ0) is 16.1. The lowest BCUT2D eigenvalue weighted by Gasteiger charge is -2.10. The molecule has 0 spiro atoms. The van der Waals surface area contributed by atoms with E-state index in [9.17, 15) is 0 Å². The number of hydrogen-bond donors (Lipinski definition) is 1. The summed E-state index contributed by atoms with van der Waals surface area (Å²) < 4.78 is 10.6. The highest BCUT2D eigenvalue weighted by Gasteiger charge is 2.06. The van der Waals surface area contributed by atoms with E-state index in [1.807, 2.05) is 31.2 Å². The van der Waals surface area contributed by atoms with Gasteiger partial charge in [-0.15, -0.1) is 0 Å². The number of methoxy groups -OCH3 is 1. The van der Waals surface area contributed by atoms with Crippen molar-refractivity contribution in [2.75, 3.05) is 7.11 Å². The minimum Gasteiger partial charge on any atom is -0.496 e. The van der Waals surface area contributed by atoms with Gasteiger partial charge >= 0.3 is 0 Å². The molecule has 23 heavy (non-hydrogen) atoms. The maximum absolute atomic E-state index is 5.45. The molecule has 4 heteroatoms. The van der Waals surface area contributed by atoms with Crippen LogP contribution in [0.2, 0.25) is 0 Å². The highest BCUT2D eigenvalue weighted by atomic mass is 16.5. The van der Waals surface area contributed by atoms with Crippen LogP contribution in [-0.4, -0.2) is 12.3 Å². The lowest BCUT2D eigenvalue weighted by Crippen LogP contribution is -2.12. The number of aryl methyl sites for hydroxylation is 1. The lowest BCUT2D eigenvalue weighted by atomic mass is 10.0. The normalized spacial score (nSPS) is 10.7. The van der Waals surface area contributed by atoms with E-state index in [0.717, 1.165) is 34.9 Å². The highest BCUT2D eigenvalue weighted by molar-refractivity contribution is 5.70. The largest absolute Gasteiger partial charge is 0.496 e. The standard InChI is InChI=1S/C19H20N2O2/c1-14-10-17(23-21-14)13-20-12-15-6-5-7-16(11-15)18-8-3-4-9-19(18)22-2/h3-11,20H,12-13H2,1-2H3. The number of benzene rings is 2. The summed E-state index contributed by atoms with van der Waals surface area (Å²) in [6.07, 6.45) is 0. The van der Waals surface area contributed by atoms with Crippen molar-refractivity contribution in [1.29, 1.82) is 0 Å².